The quantitative estimate of drug-likeness (QED) is 0.749. The molecule has 17 heavy (non-hydrogen) atoms. The predicted molar refractivity (Wildman–Crippen MR) is 68.5 cm³/mol. The third-order valence-corrected chi connectivity index (χ3v) is 5.21. The van der Waals surface area contributed by atoms with Gasteiger partial charge in [-0.15, -0.1) is 0 Å². The van der Waals surface area contributed by atoms with Crippen molar-refractivity contribution in [2.75, 3.05) is 33.4 Å². The highest BCUT2D eigenvalue weighted by atomic mass is 32.2. The van der Waals surface area contributed by atoms with Crippen LogP contribution in [-0.2, 0) is 14.8 Å². The highest BCUT2D eigenvalue weighted by Crippen LogP contribution is 2.17. The summed E-state index contributed by atoms with van der Waals surface area (Å²) in [5.41, 5.74) is 0. The number of likely N-dealkylation sites (tertiary alicyclic amines) is 1. The number of ether oxygens (including phenoxy) is 1. The molecule has 3 atom stereocenters. The lowest BCUT2D eigenvalue weighted by Gasteiger charge is -2.20. The number of hydrogen-bond acceptors (Lipinski definition) is 4. The minimum Gasteiger partial charge on any atom is -0.383 e. The first kappa shape index (κ1) is 14.9. The SMILES string of the molecule is CCN1C[C@H](NS(=O)(=O)[C@@H](C)COC)[C@@H](C)C1. The van der Waals surface area contributed by atoms with Gasteiger partial charge in [0.2, 0.25) is 10.0 Å². The van der Waals surface area contributed by atoms with Crippen molar-refractivity contribution in [3.8, 4) is 0 Å². The second-order valence-corrected chi connectivity index (χ2v) is 7.00. The fourth-order valence-corrected chi connectivity index (χ4v) is 3.41. The van der Waals surface area contributed by atoms with E-state index in [-0.39, 0.29) is 12.6 Å². The normalized spacial score (nSPS) is 28.5. The molecule has 5 nitrogen and oxygen atoms in total. The van der Waals surface area contributed by atoms with E-state index in [1.165, 1.54) is 7.11 Å². The van der Waals surface area contributed by atoms with Crippen molar-refractivity contribution in [3.05, 3.63) is 0 Å². The Labute approximate surface area is 105 Å². The number of nitrogens with one attached hydrogen (secondary N) is 1. The first-order valence-corrected chi connectivity index (χ1v) is 7.67. The van der Waals surface area contributed by atoms with E-state index in [1.807, 2.05) is 0 Å². The molecule has 1 aliphatic rings. The van der Waals surface area contributed by atoms with Gasteiger partial charge in [0.15, 0.2) is 0 Å². The van der Waals surface area contributed by atoms with Crippen LogP contribution in [0.3, 0.4) is 0 Å². The highest BCUT2D eigenvalue weighted by molar-refractivity contribution is 7.90. The Kier molecular flexibility index (Phi) is 5.37. The van der Waals surface area contributed by atoms with Crippen molar-refractivity contribution in [2.45, 2.75) is 32.1 Å². The summed E-state index contributed by atoms with van der Waals surface area (Å²) < 4.78 is 31.7. The van der Waals surface area contributed by atoms with Gasteiger partial charge in [0.1, 0.15) is 0 Å². The average Bonchev–Trinajstić information content (AvgIpc) is 2.59. The molecular formula is C11H24N2O3S. The first-order valence-electron chi connectivity index (χ1n) is 6.13. The van der Waals surface area contributed by atoms with Crippen molar-refractivity contribution in [2.24, 2.45) is 5.92 Å². The molecule has 0 amide bonds. The molecule has 0 aliphatic carbocycles. The van der Waals surface area contributed by atoms with Crippen LogP contribution in [0.15, 0.2) is 0 Å². The molecule has 102 valence electrons. The molecule has 1 rings (SSSR count). The van der Waals surface area contributed by atoms with Crippen LogP contribution in [-0.4, -0.2) is 58.0 Å². The maximum atomic E-state index is 12.0. The molecule has 1 aliphatic heterocycles. The Balaban J connectivity index is 2.59. The van der Waals surface area contributed by atoms with Crippen LogP contribution in [0, 0.1) is 5.92 Å². The van der Waals surface area contributed by atoms with Gasteiger partial charge in [-0.25, -0.2) is 13.1 Å². The van der Waals surface area contributed by atoms with E-state index in [9.17, 15) is 8.42 Å². The third-order valence-electron chi connectivity index (χ3n) is 3.38. The Morgan fingerprint density at radius 2 is 2.12 bits per heavy atom. The molecule has 1 fully saturated rings. The summed E-state index contributed by atoms with van der Waals surface area (Å²) in [7, 11) is -1.76. The first-order chi connectivity index (χ1) is 7.90. The summed E-state index contributed by atoms with van der Waals surface area (Å²) in [5.74, 6) is 0.361. The highest BCUT2D eigenvalue weighted by Gasteiger charge is 2.33. The van der Waals surface area contributed by atoms with Crippen LogP contribution >= 0.6 is 0 Å². The maximum absolute atomic E-state index is 12.0. The van der Waals surface area contributed by atoms with Crippen LogP contribution in [0.1, 0.15) is 20.8 Å². The van der Waals surface area contributed by atoms with Crippen molar-refractivity contribution in [1.29, 1.82) is 0 Å². The van der Waals surface area contributed by atoms with Gasteiger partial charge in [0.05, 0.1) is 11.9 Å². The molecule has 0 radical (unpaired) electrons. The fourth-order valence-electron chi connectivity index (χ4n) is 2.13. The molecule has 1 N–H and O–H groups in total. The van der Waals surface area contributed by atoms with Crippen molar-refractivity contribution in [1.82, 2.24) is 9.62 Å². The second-order valence-electron chi connectivity index (χ2n) is 4.86. The minimum absolute atomic E-state index is 0.0271. The lowest BCUT2D eigenvalue weighted by atomic mass is 10.1. The van der Waals surface area contributed by atoms with Gasteiger partial charge in [-0.2, -0.15) is 0 Å². The third kappa shape index (κ3) is 3.91. The number of likely N-dealkylation sites (N-methyl/N-ethyl adjacent to an activating group) is 1. The van der Waals surface area contributed by atoms with E-state index in [4.69, 9.17) is 4.74 Å². The monoisotopic (exact) mass is 264 g/mol. The minimum atomic E-state index is -3.27. The van der Waals surface area contributed by atoms with E-state index < -0.39 is 15.3 Å². The Hall–Kier alpha value is -0.170. The standard InChI is InChI=1S/C11H24N2O3S/c1-5-13-6-9(2)11(7-13)12-17(14,15)10(3)8-16-4/h9-12H,5-8H2,1-4H3/t9-,10-,11-/m0/s1. The summed E-state index contributed by atoms with van der Waals surface area (Å²) in [6, 6.07) is 0.0271. The number of hydrogen-bond donors (Lipinski definition) is 1. The molecule has 1 saturated heterocycles. The molecule has 0 unspecified atom stereocenters. The Bertz CT molecular complexity index is 332. The number of rotatable bonds is 6. The Morgan fingerprint density at radius 3 is 2.59 bits per heavy atom. The summed E-state index contributed by atoms with van der Waals surface area (Å²) >= 11 is 0. The van der Waals surface area contributed by atoms with Gasteiger partial charge < -0.3 is 9.64 Å². The molecule has 1 heterocycles. The molecular weight excluding hydrogens is 240 g/mol. The largest absolute Gasteiger partial charge is 0.383 e. The van der Waals surface area contributed by atoms with Crippen LogP contribution in [0.4, 0.5) is 0 Å². The number of methoxy groups -OCH3 is 1. The molecule has 0 aromatic rings. The molecule has 0 bridgehead atoms. The summed E-state index contributed by atoms with van der Waals surface area (Å²) in [6.07, 6.45) is 0. The van der Waals surface area contributed by atoms with Crippen molar-refractivity contribution < 1.29 is 13.2 Å². The number of nitrogens with zero attached hydrogens (tertiary/aromatic N) is 1. The molecule has 6 heteroatoms. The molecule has 0 saturated carbocycles. The van der Waals surface area contributed by atoms with Crippen LogP contribution in [0.5, 0.6) is 0 Å². The van der Waals surface area contributed by atoms with E-state index >= 15 is 0 Å². The van der Waals surface area contributed by atoms with Gasteiger partial charge in [-0.1, -0.05) is 13.8 Å². The zero-order valence-corrected chi connectivity index (χ0v) is 12.0. The summed E-state index contributed by atoms with van der Waals surface area (Å²) in [4.78, 5) is 2.26. The van der Waals surface area contributed by atoms with Crippen molar-refractivity contribution in [3.63, 3.8) is 0 Å². The van der Waals surface area contributed by atoms with E-state index in [0.717, 1.165) is 19.6 Å². The lowest BCUT2D eigenvalue weighted by molar-refractivity contribution is 0.200. The molecule has 0 aromatic heterocycles. The van der Waals surface area contributed by atoms with E-state index in [2.05, 4.69) is 23.5 Å². The maximum Gasteiger partial charge on any atom is 0.216 e. The van der Waals surface area contributed by atoms with Crippen molar-refractivity contribution >= 4 is 10.0 Å². The smallest absolute Gasteiger partial charge is 0.216 e. The van der Waals surface area contributed by atoms with Gasteiger partial charge in [-0.05, 0) is 19.4 Å². The van der Waals surface area contributed by atoms with Crippen LogP contribution in [0.25, 0.3) is 0 Å². The van der Waals surface area contributed by atoms with Gasteiger partial charge in [0.25, 0.3) is 0 Å². The summed E-state index contributed by atoms with van der Waals surface area (Å²) in [6.45, 7) is 8.81. The lowest BCUT2D eigenvalue weighted by Crippen LogP contribution is -2.44. The molecule has 0 spiro atoms. The van der Waals surface area contributed by atoms with Gasteiger partial charge in [0, 0.05) is 26.2 Å². The molecule has 0 aromatic carbocycles. The van der Waals surface area contributed by atoms with Crippen LogP contribution < -0.4 is 4.72 Å². The zero-order valence-electron chi connectivity index (χ0n) is 11.1. The van der Waals surface area contributed by atoms with Gasteiger partial charge in [-0.3, -0.25) is 0 Å². The predicted octanol–water partition coefficient (Wildman–Crippen LogP) is 0.281. The second kappa shape index (κ2) is 6.13. The Morgan fingerprint density at radius 1 is 1.47 bits per heavy atom. The van der Waals surface area contributed by atoms with Gasteiger partial charge >= 0.3 is 0 Å². The number of sulfonamides is 1. The topological polar surface area (TPSA) is 58.6 Å². The average molecular weight is 264 g/mol. The zero-order chi connectivity index (χ0) is 13.1. The fraction of sp³-hybridized carbons (Fsp3) is 1.00. The summed E-state index contributed by atoms with van der Waals surface area (Å²) in [5, 5.41) is -0.504. The van der Waals surface area contributed by atoms with E-state index in [0.29, 0.717) is 5.92 Å². The van der Waals surface area contributed by atoms with E-state index in [1.54, 1.807) is 6.92 Å². The van der Waals surface area contributed by atoms with Crippen LogP contribution in [0.2, 0.25) is 0 Å².